The first-order valence-electron chi connectivity index (χ1n) is 26.5. The summed E-state index contributed by atoms with van der Waals surface area (Å²) in [6.45, 7) is 10.4. The van der Waals surface area contributed by atoms with E-state index in [2.05, 4.69) is 20.0 Å². The van der Waals surface area contributed by atoms with Gasteiger partial charge in [-0.25, -0.2) is 23.6 Å². The standard InChI is InChI=1S/C53H70F4N6O19S/c1-3-11-62(81-4-2)52(66)38-32-36-5-7-39(35-40(36)60-43(58)34-38)63-42-8-6-37(33-41(42)61-53(63)67)51(65)59-10-13-72-15-17-74-19-21-76-23-25-78-27-29-80-31-30-79-28-26-77-24-22-75-20-18-73-16-14-71-12-9-44(64)82-49-45(54)47(56)50(83(68,69)70)48(57)46(49)55/h5-8,32-33,35H,3-4,9-31,34H2,1-2H3,(H2,58,60)(H,59,65)(H,61,67)(H,68,69,70). The van der Waals surface area contributed by atoms with Crippen molar-refractivity contribution in [2.75, 3.05) is 152 Å². The molecule has 25 nitrogen and oxygen atoms in total. The lowest BCUT2D eigenvalue weighted by Gasteiger charge is -2.21. The van der Waals surface area contributed by atoms with Gasteiger partial charge in [0.2, 0.25) is 17.4 Å². The Morgan fingerprint density at radius 3 is 1.67 bits per heavy atom. The van der Waals surface area contributed by atoms with Crippen LogP contribution >= 0.6 is 0 Å². The molecule has 0 radical (unpaired) electrons. The fraction of sp³-hybridized carbons (Fsp3) is 0.528. The number of nitrogens with zero attached hydrogens (tertiary/aromatic N) is 3. The predicted molar refractivity (Wildman–Crippen MR) is 288 cm³/mol. The van der Waals surface area contributed by atoms with E-state index in [0.717, 1.165) is 6.42 Å². The number of esters is 1. The second-order valence-electron chi connectivity index (χ2n) is 17.5. The summed E-state index contributed by atoms with van der Waals surface area (Å²) in [6, 6.07) is 10.2. The summed E-state index contributed by atoms with van der Waals surface area (Å²) < 4.78 is 147. The highest BCUT2D eigenvalue weighted by Crippen LogP contribution is 2.33. The average molecular weight is 1200 g/mol. The number of aliphatic imine (C=N–C) groups is 1. The van der Waals surface area contributed by atoms with Crippen molar-refractivity contribution in [3.63, 3.8) is 0 Å². The summed E-state index contributed by atoms with van der Waals surface area (Å²) in [6.07, 6.45) is 2.02. The maximum Gasteiger partial charge on any atom is 0.331 e. The summed E-state index contributed by atoms with van der Waals surface area (Å²) in [5.74, 6) is -13.1. The fourth-order valence-corrected chi connectivity index (χ4v) is 8.19. The number of aromatic amines is 1. The van der Waals surface area contributed by atoms with Crippen LogP contribution in [0.1, 0.15) is 49.0 Å². The summed E-state index contributed by atoms with van der Waals surface area (Å²) in [7, 11) is -5.65. The van der Waals surface area contributed by atoms with Gasteiger partial charge in [0.15, 0.2) is 16.5 Å². The molecule has 0 fully saturated rings. The number of amidine groups is 1. The molecule has 4 aromatic rings. The monoisotopic (exact) mass is 1200 g/mol. The number of carbonyl (C=O) groups excluding carboxylic acids is 3. The summed E-state index contributed by atoms with van der Waals surface area (Å²) in [5.41, 5.74) is 9.33. The number of carbonyl (C=O) groups is 3. The number of rotatable bonds is 42. The first kappa shape index (κ1) is 67.5. The molecular weight excluding hydrogens is 1130 g/mol. The molecule has 5 rings (SSSR count). The molecule has 0 bridgehead atoms. The largest absolute Gasteiger partial charge is 0.420 e. The van der Waals surface area contributed by atoms with Gasteiger partial charge in [0.1, 0.15) is 5.84 Å². The van der Waals surface area contributed by atoms with E-state index in [0.29, 0.717) is 145 Å². The number of hydrogen-bond acceptors (Lipinski definition) is 20. The zero-order valence-electron chi connectivity index (χ0n) is 46.1. The second kappa shape index (κ2) is 36.4. The Bertz CT molecular complexity index is 2930. The predicted octanol–water partition coefficient (Wildman–Crippen LogP) is 3.98. The third-order valence-electron chi connectivity index (χ3n) is 11.4. The Morgan fingerprint density at radius 2 is 1.19 bits per heavy atom. The number of hydroxylamine groups is 2. The first-order chi connectivity index (χ1) is 40.0. The van der Waals surface area contributed by atoms with Crippen LogP contribution < -0.4 is 21.5 Å². The summed E-state index contributed by atoms with van der Waals surface area (Å²) in [4.78, 5) is 62.0. The van der Waals surface area contributed by atoms with E-state index in [1.807, 2.05) is 13.8 Å². The number of aromatic nitrogens is 2. The van der Waals surface area contributed by atoms with E-state index in [4.69, 9.17) is 62.5 Å². The molecule has 1 aromatic heterocycles. The van der Waals surface area contributed by atoms with E-state index in [-0.39, 0.29) is 70.3 Å². The SMILES string of the molecule is CCCN(OCC)C(=O)C1=Cc2ccc(-n3c(=O)[nH]c4cc(C(=O)NCCOCCOCCOCCOCCOCCOCCOCCOCCOCCOCCC(=O)Oc5c(F)c(F)c(S(=O)(=O)O)c(F)c5F)ccc43)cc2N=C(N)C1. The fourth-order valence-electron chi connectivity index (χ4n) is 7.56. The smallest absolute Gasteiger partial charge is 0.331 e. The van der Waals surface area contributed by atoms with Crippen molar-refractivity contribution in [2.24, 2.45) is 10.7 Å². The second-order valence-corrected chi connectivity index (χ2v) is 18.9. The average Bonchev–Trinajstić information content (AvgIpc) is 2.91. The van der Waals surface area contributed by atoms with E-state index >= 15 is 0 Å². The lowest BCUT2D eigenvalue weighted by atomic mass is 10.1. The van der Waals surface area contributed by atoms with Crippen LogP contribution in [-0.2, 0) is 71.9 Å². The van der Waals surface area contributed by atoms with E-state index in [1.54, 1.807) is 42.5 Å². The topological polar surface area (TPSA) is 308 Å². The summed E-state index contributed by atoms with van der Waals surface area (Å²) >= 11 is 0. The first-order valence-corrected chi connectivity index (χ1v) is 28.0. The van der Waals surface area contributed by atoms with Gasteiger partial charge >= 0.3 is 21.8 Å². The van der Waals surface area contributed by atoms with Crippen molar-refractivity contribution in [3.05, 3.63) is 86.9 Å². The molecule has 2 amide bonds. The maximum atomic E-state index is 14.0. The highest BCUT2D eigenvalue weighted by molar-refractivity contribution is 7.85. The van der Waals surface area contributed by atoms with Gasteiger partial charge < -0.3 is 68.1 Å². The lowest BCUT2D eigenvalue weighted by molar-refractivity contribution is -0.180. The zero-order valence-corrected chi connectivity index (χ0v) is 46.9. The lowest BCUT2D eigenvalue weighted by Crippen LogP contribution is -2.34. The molecule has 0 unspecified atom stereocenters. The zero-order chi connectivity index (χ0) is 60.0. The molecule has 30 heteroatoms. The van der Waals surface area contributed by atoms with Crippen molar-refractivity contribution < 1.29 is 102 Å². The molecule has 0 saturated carbocycles. The molecule has 1 aliphatic heterocycles. The van der Waals surface area contributed by atoms with Gasteiger partial charge in [0.25, 0.3) is 11.8 Å². The van der Waals surface area contributed by atoms with Crippen LogP contribution in [0, 0.1) is 23.3 Å². The minimum Gasteiger partial charge on any atom is -0.420 e. The number of fused-ring (bicyclic) bond motifs is 2. The Morgan fingerprint density at radius 1 is 0.699 bits per heavy atom. The van der Waals surface area contributed by atoms with Gasteiger partial charge in [0, 0.05) is 36.2 Å². The molecule has 1 aliphatic rings. The van der Waals surface area contributed by atoms with E-state index in [9.17, 15) is 45.2 Å². The van der Waals surface area contributed by atoms with Gasteiger partial charge in [-0.1, -0.05) is 13.0 Å². The Kier molecular flexibility index (Phi) is 29.7. The molecule has 0 spiro atoms. The molecule has 83 heavy (non-hydrogen) atoms. The number of halogens is 4. The van der Waals surface area contributed by atoms with Gasteiger partial charge in [-0.05, 0) is 49.8 Å². The number of hydrogen-bond donors (Lipinski definition) is 4. The number of amides is 2. The van der Waals surface area contributed by atoms with Crippen LogP contribution in [-0.4, -0.2) is 203 Å². The van der Waals surface area contributed by atoms with Crippen LogP contribution in [0.3, 0.4) is 0 Å². The number of nitrogens with two attached hydrogens (primary N) is 1. The van der Waals surface area contributed by atoms with Gasteiger partial charge in [-0.3, -0.25) is 28.3 Å². The number of imidazole rings is 1. The normalized spacial score (nSPS) is 12.5. The van der Waals surface area contributed by atoms with Crippen molar-refractivity contribution >= 4 is 56.5 Å². The number of benzene rings is 3. The molecule has 2 heterocycles. The van der Waals surface area contributed by atoms with Crippen LogP contribution in [0.15, 0.2) is 56.7 Å². The maximum absolute atomic E-state index is 14.0. The van der Waals surface area contributed by atoms with Crippen molar-refractivity contribution in [3.8, 4) is 11.4 Å². The van der Waals surface area contributed by atoms with Crippen LogP contribution in [0.4, 0.5) is 23.2 Å². The third kappa shape index (κ3) is 22.4. The Hall–Kier alpha value is -6.26. The Balaban J connectivity index is 0.771. The van der Waals surface area contributed by atoms with Gasteiger partial charge in [0.05, 0.1) is 168 Å². The van der Waals surface area contributed by atoms with Crippen LogP contribution in [0.25, 0.3) is 22.8 Å². The van der Waals surface area contributed by atoms with Crippen LogP contribution in [0.2, 0.25) is 0 Å². The van der Waals surface area contributed by atoms with E-state index < -0.39 is 62.1 Å². The highest BCUT2D eigenvalue weighted by Gasteiger charge is 2.34. The molecule has 0 atom stereocenters. The quantitative estimate of drug-likeness (QED) is 0.00927. The molecule has 0 saturated heterocycles. The minimum atomic E-state index is -5.65. The van der Waals surface area contributed by atoms with Crippen molar-refractivity contribution in [1.82, 2.24) is 19.9 Å². The molecular formula is C53H70F4N6O19S. The highest BCUT2D eigenvalue weighted by atomic mass is 32.2. The molecule has 5 N–H and O–H groups in total. The molecule has 3 aromatic carbocycles. The summed E-state index contributed by atoms with van der Waals surface area (Å²) in [5, 5.41) is 4.16. The van der Waals surface area contributed by atoms with Crippen LogP contribution in [0.5, 0.6) is 5.75 Å². The minimum absolute atomic E-state index is 0.0125. The Labute approximate surface area is 475 Å². The van der Waals surface area contributed by atoms with Gasteiger partial charge in [-0.2, -0.15) is 17.2 Å². The van der Waals surface area contributed by atoms with Crippen molar-refractivity contribution in [1.29, 1.82) is 0 Å². The van der Waals surface area contributed by atoms with Gasteiger partial charge in [-0.15, -0.1) is 0 Å². The molecule has 460 valence electrons. The third-order valence-corrected chi connectivity index (χ3v) is 12.3. The molecule has 0 aliphatic carbocycles. The number of ether oxygens (including phenoxy) is 11. The number of nitrogens with one attached hydrogen (secondary N) is 2. The van der Waals surface area contributed by atoms with Crippen molar-refractivity contribution in [2.45, 2.75) is 38.0 Å². The van der Waals surface area contributed by atoms with E-state index in [1.165, 1.54) is 9.63 Å². The number of H-pyrrole nitrogens is 1.